The van der Waals surface area contributed by atoms with Crippen LogP contribution in [0.4, 0.5) is 5.13 Å². The third-order valence-corrected chi connectivity index (χ3v) is 4.43. The summed E-state index contributed by atoms with van der Waals surface area (Å²) < 4.78 is 16.2. The van der Waals surface area contributed by atoms with Gasteiger partial charge in [0, 0.05) is 18.3 Å². The van der Waals surface area contributed by atoms with Crippen LogP contribution in [-0.4, -0.2) is 36.5 Å². The fourth-order valence-corrected chi connectivity index (χ4v) is 3.08. The van der Waals surface area contributed by atoms with Crippen LogP contribution in [0.15, 0.2) is 36.5 Å². The highest BCUT2D eigenvalue weighted by molar-refractivity contribution is 7.18. The number of hydrogen-bond acceptors (Lipinski definition) is 8. The van der Waals surface area contributed by atoms with Crippen LogP contribution in [0.5, 0.6) is 17.2 Å². The summed E-state index contributed by atoms with van der Waals surface area (Å²) in [4.78, 5) is 4.28. The molecule has 0 saturated heterocycles. The predicted molar refractivity (Wildman–Crippen MR) is 96.6 cm³/mol. The molecule has 0 aliphatic carbocycles. The molecule has 0 radical (unpaired) electrons. The number of aromatic nitrogens is 3. The molecule has 0 amide bonds. The van der Waals surface area contributed by atoms with Crippen molar-refractivity contribution in [3.63, 3.8) is 0 Å². The molecule has 3 aromatic rings. The molecule has 2 aromatic heterocycles. The van der Waals surface area contributed by atoms with E-state index in [1.165, 1.54) is 11.3 Å². The largest absolute Gasteiger partial charge is 0.493 e. The van der Waals surface area contributed by atoms with Crippen LogP contribution in [-0.2, 0) is 6.54 Å². The van der Waals surface area contributed by atoms with E-state index in [0.29, 0.717) is 28.9 Å². The van der Waals surface area contributed by atoms with E-state index in [0.717, 1.165) is 16.3 Å². The third kappa shape index (κ3) is 3.63. The summed E-state index contributed by atoms with van der Waals surface area (Å²) in [5.41, 5.74) is 1.73. The highest BCUT2D eigenvalue weighted by Crippen LogP contribution is 2.40. The second-order valence-electron chi connectivity index (χ2n) is 4.97. The fraction of sp³-hybridized carbons (Fsp3) is 0.235. The Kier molecular flexibility index (Phi) is 5.30. The van der Waals surface area contributed by atoms with E-state index in [1.54, 1.807) is 27.5 Å². The average molecular weight is 358 g/mol. The first-order valence-electron chi connectivity index (χ1n) is 7.53. The Labute approximate surface area is 149 Å². The standard InChI is InChI=1S/C17H18N4O3S/c1-22-13-8-7-11(14(23-2)15(13)24-3)10-19-17-21-20-16(25-17)12-6-4-5-9-18-12/h4-9H,10H2,1-3H3,(H,19,21). The molecule has 25 heavy (non-hydrogen) atoms. The van der Waals surface area contributed by atoms with Gasteiger partial charge in [0.05, 0.1) is 21.3 Å². The van der Waals surface area contributed by atoms with E-state index < -0.39 is 0 Å². The Morgan fingerprint density at radius 3 is 2.48 bits per heavy atom. The van der Waals surface area contributed by atoms with Crippen molar-refractivity contribution in [3.8, 4) is 28.0 Å². The van der Waals surface area contributed by atoms with Crippen LogP contribution in [0.3, 0.4) is 0 Å². The summed E-state index contributed by atoms with van der Waals surface area (Å²) in [6.07, 6.45) is 1.73. The number of hydrogen-bond donors (Lipinski definition) is 1. The number of pyridine rings is 1. The van der Waals surface area contributed by atoms with Crippen molar-refractivity contribution in [2.45, 2.75) is 6.54 Å². The van der Waals surface area contributed by atoms with Crippen LogP contribution in [0, 0.1) is 0 Å². The molecular formula is C17H18N4O3S. The van der Waals surface area contributed by atoms with Crippen molar-refractivity contribution in [2.24, 2.45) is 0 Å². The summed E-state index contributed by atoms with van der Waals surface area (Å²) in [7, 11) is 4.78. The van der Waals surface area contributed by atoms with Crippen LogP contribution in [0.1, 0.15) is 5.56 Å². The molecule has 0 aliphatic rings. The zero-order valence-corrected chi connectivity index (χ0v) is 15.0. The summed E-state index contributed by atoms with van der Waals surface area (Å²) in [6.45, 7) is 0.514. The zero-order valence-electron chi connectivity index (χ0n) is 14.1. The van der Waals surface area contributed by atoms with Gasteiger partial charge in [-0.3, -0.25) is 4.98 Å². The van der Waals surface area contributed by atoms with Crippen molar-refractivity contribution in [1.82, 2.24) is 15.2 Å². The Hall–Kier alpha value is -2.87. The number of rotatable bonds is 7. The Balaban J connectivity index is 1.77. The molecule has 8 heteroatoms. The van der Waals surface area contributed by atoms with Gasteiger partial charge >= 0.3 is 0 Å². The van der Waals surface area contributed by atoms with Crippen molar-refractivity contribution in [2.75, 3.05) is 26.6 Å². The lowest BCUT2D eigenvalue weighted by Crippen LogP contribution is -2.04. The number of nitrogens with one attached hydrogen (secondary N) is 1. The lowest BCUT2D eigenvalue weighted by molar-refractivity contribution is 0.322. The Morgan fingerprint density at radius 2 is 1.80 bits per heavy atom. The molecule has 2 heterocycles. The molecule has 0 spiro atoms. The van der Waals surface area contributed by atoms with Gasteiger partial charge in [-0.25, -0.2) is 0 Å². The molecule has 0 atom stereocenters. The van der Waals surface area contributed by atoms with E-state index in [1.807, 2.05) is 30.3 Å². The minimum absolute atomic E-state index is 0.514. The SMILES string of the molecule is COc1ccc(CNc2nnc(-c3ccccn3)s2)c(OC)c1OC. The summed E-state index contributed by atoms with van der Waals surface area (Å²) in [5.74, 6) is 1.82. The molecule has 0 saturated carbocycles. The summed E-state index contributed by atoms with van der Waals surface area (Å²) >= 11 is 1.44. The fourth-order valence-electron chi connectivity index (χ4n) is 2.36. The third-order valence-electron chi connectivity index (χ3n) is 3.52. The summed E-state index contributed by atoms with van der Waals surface area (Å²) in [6, 6.07) is 9.46. The van der Waals surface area contributed by atoms with E-state index in [-0.39, 0.29) is 0 Å². The second-order valence-corrected chi connectivity index (χ2v) is 5.95. The molecular weight excluding hydrogens is 340 g/mol. The number of nitrogens with zero attached hydrogens (tertiary/aromatic N) is 3. The van der Waals surface area contributed by atoms with Crippen molar-refractivity contribution in [3.05, 3.63) is 42.1 Å². The molecule has 0 bridgehead atoms. The first-order valence-corrected chi connectivity index (χ1v) is 8.35. The minimum atomic E-state index is 0.514. The first-order chi connectivity index (χ1) is 12.3. The van der Waals surface area contributed by atoms with Gasteiger partial charge in [0.15, 0.2) is 16.5 Å². The van der Waals surface area contributed by atoms with Gasteiger partial charge < -0.3 is 19.5 Å². The van der Waals surface area contributed by atoms with E-state index in [4.69, 9.17) is 14.2 Å². The number of methoxy groups -OCH3 is 3. The smallest absolute Gasteiger partial charge is 0.206 e. The molecule has 1 N–H and O–H groups in total. The topological polar surface area (TPSA) is 78.4 Å². The second kappa shape index (κ2) is 7.80. The quantitative estimate of drug-likeness (QED) is 0.694. The monoisotopic (exact) mass is 358 g/mol. The van der Waals surface area contributed by atoms with Gasteiger partial charge in [-0.15, -0.1) is 10.2 Å². The van der Waals surface area contributed by atoms with E-state index >= 15 is 0 Å². The van der Waals surface area contributed by atoms with Gasteiger partial charge in [-0.1, -0.05) is 17.4 Å². The van der Waals surface area contributed by atoms with E-state index in [2.05, 4.69) is 20.5 Å². The predicted octanol–water partition coefficient (Wildman–Crippen LogP) is 3.24. The van der Waals surface area contributed by atoms with Crippen LogP contribution < -0.4 is 19.5 Å². The van der Waals surface area contributed by atoms with Gasteiger partial charge in [0.1, 0.15) is 5.69 Å². The maximum absolute atomic E-state index is 5.49. The zero-order chi connectivity index (χ0) is 17.6. The van der Waals surface area contributed by atoms with Gasteiger partial charge in [-0.2, -0.15) is 0 Å². The highest BCUT2D eigenvalue weighted by atomic mass is 32.1. The minimum Gasteiger partial charge on any atom is -0.493 e. The molecule has 1 aromatic carbocycles. The lowest BCUT2D eigenvalue weighted by atomic mass is 10.1. The Morgan fingerprint density at radius 1 is 0.960 bits per heavy atom. The molecule has 130 valence electrons. The number of benzene rings is 1. The molecule has 7 nitrogen and oxygen atoms in total. The van der Waals surface area contributed by atoms with Crippen LogP contribution >= 0.6 is 11.3 Å². The van der Waals surface area contributed by atoms with Crippen molar-refractivity contribution in [1.29, 1.82) is 0 Å². The number of ether oxygens (including phenoxy) is 3. The lowest BCUT2D eigenvalue weighted by Gasteiger charge is -2.15. The average Bonchev–Trinajstić information content (AvgIpc) is 3.15. The van der Waals surface area contributed by atoms with Crippen molar-refractivity contribution >= 4 is 16.5 Å². The maximum Gasteiger partial charge on any atom is 0.206 e. The Bertz CT molecular complexity index is 839. The number of anilines is 1. The first kappa shape index (κ1) is 17.0. The normalized spacial score (nSPS) is 10.4. The molecule has 3 rings (SSSR count). The van der Waals surface area contributed by atoms with Gasteiger partial charge in [-0.05, 0) is 24.3 Å². The van der Waals surface area contributed by atoms with E-state index in [9.17, 15) is 0 Å². The van der Waals surface area contributed by atoms with Crippen LogP contribution in [0.2, 0.25) is 0 Å². The molecule has 0 unspecified atom stereocenters. The highest BCUT2D eigenvalue weighted by Gasteiger charge is 2.16. The van der Waals surface area contributed by atoms with Gasteiger partial charge in [0.2, 0.25) is 10.9 Å². The van der Waals surface area contributed by atoms with Crippen LogP contribution in [0.25, 0.3) is 10.7 Å². The van der Waals surface area contributed by atoms with Gasteiger partial charge in [0.25, 0.3) is 0 Å². The summed E-state index contributed by atoms with van der Waals surface area (Å²) in [5, 5.41) is 13.1. The van der Waals surface area contributed by atoms with Crippen molar-refractivity contribution < 1.29 is 14.2 Å². The maximum atomic E-state index is 5.49. The molecule has 0 aliphatic heterocycles. The molecule has 0 fully saturated rings.